The number of fused-ring (bicyclic) bond motifs is 5. The Labute approximate surface area is 430 Å². The molecule has 23 heteroatoms. The lowest BCUT2D eigenvalue weighted by Crippen LogP contribution is -2.64. The Kier molecular flexibility index (Phi) is 18.1. The summed E-state index contributed by atoms with van der Waals surface area (Å²) in [5.41, 5.74) is -1.81. The molecular formula is C51H82O23. The smallest absolute Gasteiger partial charge is 0.303 e. The van der Waals surface area contributed by atoms with Crippen LogP contribution in [0.25, 0.3) is 0 Å². The van der Waals surface area contributed by atoms with E-state index in [2.05, 4.69) is 13.0 Å². The average Bonchev–Trinajstić information content (AvgIpc) is 3.59. The molecule has 8 rings (SSSR count). The fraction of sp³-hybridized carbons (Fsp3) is 0.922. The van der Waals surface area contributed by atoms with Gasteiger partial charge in [0.15, 0.2) is 31.3 Å². The fourth-order valence-corrected chi connectivity index (χ4v) is 13.9. The minimum absolute atomic E-state index is 0.0174. The van der Waals surface area contributed by atoms with Crippen LogP contribution in [0.4, 0.5) is 0 Å². The Hall–Kier alpha value is -1.92. The van der Waals surface area contributed by atoms with Crippen LogP contribution in [0, 0.1) is 40.4 Å². The van der Waals surface area contributed by atoms with E-state index in [9.17, 15) is 70.9 Å². The molecule has 4 heterocycles. The number of rotatable bonds is 16. The number of allylic oxidation sites excluding steroid dienone is 1. The molecule has 23 nitrogen and oxygen atoms in total. The first-order valence-electron chi connectivity index (χ1n) is 26.5. The van der Waals surface area contributed by atoms with Crippen LogP contribution in [-0.4, -0.2) is 228 Å². The van der Waals surface area contributed by atoms with E-state index in [1.807, 2.05) is 20.8 Å². The number of Topliss-reactive ketones (excluding diaryl/α,β-unsaturated/α-hetero) is 1. The second-order valence-electron chi connectivity index (χ2n) is 23.3. The van der Waals surface area contributed by atoms with Crippen LogP contribution in [0.3, 0.4) is 0 Å². The van der Waals surface area contributed by atoms with Crippen LogP contribution < -0.4 is 0 Å². The maximum Gasteiger partial charge on any atom is 0.303 e. The first-order chi connectivity index (χ1) is 34.9. The number of aliphatic hydroxyl groups excluding tert-OH is 11. The van der Waals surface area contributed by atoms with Gasteiger partial charge in [0.2, 0.25) is 0 Å². The zero-order chi connectivity index (χ0) is 53.9. The highest BCUT2D eigenvalue weighted by atomic mass is 16.8. The van der Waals surface area contributed by atoms with E-state index in [-0.39, 0.29) is 54.5 Å². The number of ether oxygens (including phenoxy) is 9. The van der Waals surface area contributed by atoms with Crippen molar-refractivity contribution in [1.29, 1.82) is 0 Å². The van der Waals surface area contributed by atoms with Gasteiger partial charge in [0.1, 0.15) is 90.7 Å². The summed E-state index contributed by atoms with van der Waals surface area (Å²) in [6, 6.07) is 0. The van der Waals surface area contributed by atoms with E-state index in [0.29, 0.717) is 51.4 Å². The largest absolute Gasteiger partial charge is 0.454 e. The summed E-state index contributed by atoms with van der Waals surface area (Å²) in [5.74, 6) is -1.63. The fourth-order valence-electron chi connectivity index (χ4n) is 13.9. The van der Waals surface area contributed by atoms with Gasteiger partial charge in [0, 0.05) is 24.7 Å². The van der Waals surface area contributed by atoms with Gasteiger partial charge < -0.3 is 104 Å². The molecule has 0 aromatic heterocycles. The van der Waals surface area contributed by atoms with Gasteiger partial charge in [-0.1, -0.05) is 46.3 Å². The summed E-state index contributed by atoms with van der Waals surface area (Å²) in [4.78, 5) is 27.0. The molecule has 4 saturated heterocycles. The summed E-state index contributed by atoms with van der Waals surface area (Å²) < 4.78 is 53.4. The zero-order valence-electron chi connectivity index (χ0n) is 43.1. The van der Waals surface area contributed by atoms with E-state index in [1.54, 1.807) is 6.92 Å². The van der Waals surface area contributed by atoms with Crippen LogP contribution >= 0.6 is 0 Å². The van der Waals surface area contributed by atoms with Crippen molar-refractivity contribution in [3.05, 3.63) is 11.6 Å². The maximum absolute atomic E-state index is 14.3. The predicted molar refractivity (Wildman–Crippen MR) is 250 cm³/mol. The summed E-state index contributed by atoms with van der Waals surface area (Å²) in [7, 11) is 0. The molecule has 7 fully saturated rings. The third-order valence-electron chi connectivity index (χ3n) is 18.5. The highest BCUT2D eigenvalue weighted by molar-refractivity contribution is 5.82. The van der Waals surface area contributed by atoms with Crippen molar-refractivity contribution in [3.63, 3.8) is 0 Å². The van der Waals surface area contributed by atoms with Gasteiger partial charge in [-0.25, -0.2) is 0 Å². The molecule has 12 N–H and O–H groups in total. The number of carbonyl (C=O) groups is 2. The number of carbonyl (C=O) groups excluding carboxylic acids is 2. The van der Waals surface area contributed by atoms with Gasteiger partial charge in [-0.05, 0) is 80.5 Å². The number of hydrogen-bond acceptors (Lipinski definition) is 23. The van der Waals surface area contributed by atoms with Crippen LogP contribution in [0.1, 0.15) is 99.3 Å². The monoisotopic (exact) mass is 1060 g/mol. The lowest BCUT2D eigenvalue weighted by molar-refractivity contribution is -0.345. The van der Waals surface area contributed by atoms with E-state index >= 15 is 0 Å². The summed E-state index contributed by atoms with van der Waals surface area (Å²) in [5, 5.41) is 129. The molecule has 0 bridgehead atoms. The highest BCUT2D eigenvalue weighted by Crippen LogP contribution is 2.69. The van der Waals surface area contributed by atoms with Gasteiger partial charge in [-0.15, -0.1) is 0 Å². The average molecular weight is 1060 g/mol. The normalized spacial score (nSPS) is 50.0. The van der Waals surface area contributed by atoms with E-state index in [4.69, 9.17) is 42.6 Å². The Morgan fingerprint density at radius 3 is 2.03 bits per heavy atom. The van der Waals surface area contributed by atoms with Gasteiger partial charge in [-0.2, -0.15) is 0 Å². The highest BCUT2D eigenvalue weighted by Gasteiger charge is 2.71. The first-order valence-corrected chi connectivity index (χ1v) is 26.5. The maximum atomic E-state index is 14.3. The molecule has 27 atom stereocenters. The van der Waals surface area contributed by atoms with Crippen molar-refractivity contribution < 1.29 is 113 Å². The van der Waals surface area contributed by atoms with Gasteiger partial charge in [0.05, 0.1) is 38.6 Å². The van der Waals surface area contributed by atoms with Crippen molar-refractivity contribution in [2.24, 2.45) is 40.4 Å². The molecule has 0 aromatic rings. The number of esters is 1. The quantitative estimate of drug-likeness (QED) is 0.0576. The van der Waals surface area contributed by atoms with Crippen LogP contribution in [-0.2, 0) is 52.2 Å². The van der Waals surface area contributed by atoms with Gasteiger partial charge >= 0.3 is 5.97 Å². The number of ketones is 1. The van der Waals surface area contributed by atoms with Crippen LogP contribution in [0.2, 0.25) is 0 Å². The predicted octanol–water partition coefficient (Wildman–Crippen LogP) is -2.20. The molecule has 0 amide bonds. The second-order valence-corrected chi connectivity index (χ2v) is 23.3. The van der Waals surface area contributed by atoms with Crippen molar-refractivity contribution in [1.82, 2.24) is 0 Å². The Morgan fingerprint density at radius 1 is 0.716 bits per heavy atom. The zero-order valence-corrected chi connectivity index (χ0v) is 43.1. The van der Waals surface area contributed by atoms with Crippen LogP contribution in [0.5, 0.6) is 0 Å². The molecule has 0 spiro atoms. The summed E-state index contributed by atoms with van der Waals surface area (Å²) >= 11 is 0. The molecule has 0 aromatic carbocycles. The van der Waals surface area contributed by atoms with Crippen molar-refractivity contribution in [2.45, 2.75) is 228 Å². The molecule has 8 aliphatic rings. The standard InChI is InChI=1S/C51H82O23/c1-21(2)7-10-29(54)22(3)51(65)34(73-48-44(69-23(4)53)43(31(56)19-67-48)74-46-40(62)35(57)30(55)18-66-46)16-28-26-9-8-24-15-25(11-13-49(24,5)27(26)12-14-50(28,51)6)70-47-42(64)39(61)37(59)33(72-47)20-68-45-41(63)38(60)36(58)32(17-52)71-45/h8,21-22,25-28,30-48,52,55-65H,7,9-20H2,1-6H3/t22-,25+,26-,27+,28+,30+,31+,32-,33-,34+,35+,36+,37+,38+,39+,40+,41-,42-,43-,44-,45+,46-,47+,48+,49+,50+,51-/m1/s1. The van der Waals surface area contributed by atoms with Gasteiger partial charge in [0.25, 0.3) is 0 Å². The molecule has 0 radical (unpaired) electrons. The third kappa shape index (κ3) is 10.8. The third-order valence-corrected chi connectivity index (χ3v) is 18.5. The molecule has 0 unspecified atom stereocenters. The minimum Gasteiger partial charge on any atom is -0.454 e. The number of aliphatic hydroxyl groups is 12. The molecule has 74 heavy (non-hydrogen) atoms. The van der Waals surface area contributed by atoms with E-state index in [0.717, 1.165) is 12.5 Å². The van der Waals surface area contributed by atoms with Crippen molar-refractivity contribution >= 4 is 11.8 Å². The lowest BCUT2D eigenvalue weighted by atomic mass is 9.46. The molecule has 4 aliphatic carbocycles. The number of hydrogen-bond donors (Lipinski definition) is 12. The van der Waals surface area contributed by atoms with Crippen molar-refractivity contribution in [3.8, 4) is 0 Å². The Morgan fingerprint density at radius 2 is 1.35 bits per heavy atom. The molecule has 424 valence electrons. The second kappa shape index (κ2) is 23.0. The van der Waals surface area contributed by atoms with Crippen LogP contribution in [0.15, 0.2) is 11.6 Å². The lowest BCUT2D eigenvalue weighted by Gasteiger charge is -2.59. The summed E-state index contributed by atoms with van der Waals surface area (Å²) in [6.45, 7) is 9.25. The molecule has 4 aliphatic heterocycles. The van der Waals surface area contributed by atoms with Crippen molar-refractivity contribution in [2.75, 3.05) is 26.4 Å². The van der Waals surface area contributed by atoms with Gasteiger partial charge in [-0.3, -0.25) is 9.59 Å². The Balaban J connectivity index is 0.998. The SMILES string of the molecule is CC(=O)O[C@H]1[C@H](O[C@H]2C[C@H]3[C@@H]4CC=C5C[C@@H](O[C@H]6O[C@H](CO[C@H]7O[C@H](CO)[C@H](O)[C@H](O)[C@H]7O)[C@H](O)[C@H](O)[C@H]6O)CC[C@]5(C)[C@H]4CC[C@]3(C)[C@@]2(O)[C@H](C)C(=O)CCC(C)C)OC[C@H](O)[C@H]1O[C@H]1OC[C@H](O)[C@H](O)[C@@H]1O. The topological polar surface area (TPSA) is 360 Å². The minimum atomic E-state index is -1.76. The van der Waals surface area contributed by atoms with E-state index < -0.39 is 159 Å². The summed E-state index contributed by atoms with van der Waals surface area (Å²) in [6.07, 6.45) is -22.2. The Bertz CT molecular complexity index is 1960. The molecular weight excluding hydrogens is 981 g/mol. The molecule has 3 saturated carbocycles. The first kappa shape index (κ1) is 58.2. The van der Waals surface area contributed by atoms with E-state index in [1.165, 1.54) is 0 Å².